The van der Waals surface area contributed by atoms with Crippen molar-refractivity contribution >= 4 is 0 Å². The summed E-state index contributed by atoms with van der Waals surface area (Å²) in [7, 11) is 0. The van der Waals surface area contributed by atoms with Gasteiger partial charge in [-0.25, -0.2) is 4.98 Å². The number of aliphatic hydroxyl groups excluding tert-OH is 1. The minimum absolute atomic E-state index is 0.00468. The highest BCUT2D eigenvalue weighted by atomic mass is 16.3. The summed E-state index contributed by atoms with van der Waals surface area (Å²) in [5.74, 6) is 1.61. The Kier molecular flexibility index (Phi) is 5.76. The lowest BCUT2D eigenvalue weighted by Gasteiger charge is -2.12. The van der Waals surface area contributed by atoms with E-state index in [4.69, 9.17) is 0 Å². The van der Waals surface area contributed by atoms with Gasteiger partial charge in [0.25, 0.3) is 0 Å². The first-order chi connectivity index (χ1) is 14.3. The number of aromatic amines is 1. The third-order valence-corrected chi connectivity index (χ3v) is 5.06. The summed E-state index contributed by atoms with van der Waals surface area (Å²) in [6, 6.07) is 16.5. The molecule has 0 aliphatic rings. The molecule has 7 heteroatoms. The second kappa shape index (κ2) is 8.79. The Morgan fingerprint density at radius 1 is 1.03 bits per heavy atom. The number of nitrogens with one attached hydrogen (secondary N) is 1. The van der Waals surface area contributed by atoms with Crippen LogP contribution < -0.4 is 0 Å². The van der Waals surface area contributed by atoms with Crippen molar-refractivity contribution in [3.05, 3.63) is 71.8 Å². The zero-order valence-corrected chi connectivity index (χ0v) is 16.4. The van der Waals surface area contributed by atoms with Gasteiger partial charge in [0.1, 0.15) is 5.82 Å². The van der Waals surface area contributed by atoms with Gasteiger partial charge in [-0.3, -0.25) is 0 Å². The normalized spacial score (nSPS) is 11.1. The highest BCUT2D eigenvalue weighted by Gasteiger charge is 2.12. The lowest BCUT2D eigenvalue weighted by atomic mass is 9.98. The molecular weight excluding hydrogens is 364 g/mol. The van der Waals surface area contributed by atoms with Crippen LogP contribution in [0.4, 0.5) is 0 Å². The molecule has 0 atom stereocenters. The molecule has 2 N–H and O–H groups in total. The minimum atomic E-state index is -0.00468. The molecule has 148 valence electrons. The smallest absolute Gasteiger partial charge is 0.205 e. The topological polar surface area (TPSA) is 92.5 Å². The van der Waals surface area contributed by atoms with Gasteiger partial charge in [0.2, 0.25) is 5.82 Å². The molecule has 0 bridgehead atoms. The van der Waals surface area contributed by atoms with Gasteiger partial charge in [-0.05, 0) is 28.3 Å². The second-order valence-electron chi connectivity index (χ2n) is 6.99. The Morgan fingerprint density at radius 3 is 2.52 bits per heavy atom. The number of benzene rings is 2. The highest BCUT2D eigenvalue weighted by molar-refractivity contribution is 5.80. The number of aliphatic hydroxyl groups is 1. The third-order valence-electron chi connectivity index (χ3n) is 5.06. The fraction of sp³-hybridized carbons (Fsp3) is 0.273. The van der Waals surface area contributed by atoms with Crippen molar-refractivity contribution in [3.63, 3.8) is 0 Å². The monoisotopic (exact) mass is 388 g/mol. The maximum Gasteiger partial charge on any atom is 0.205 e. The summed E-state index contributed by atoms with van der Waals surface area (Å²) in [5.41, 5.74) is 5.10. The van der Waals surface area contributed by atoms with Crippen molar-refractivity contribution in [2.24, 2.45) is 0 Å². The fourth-order valence-electron chi connectivity index (χ4n) is 3.49. The molecule has 0 saturated heterocycles. The van der Waals surface area contributed by atoms with Crippen molar-refractivity contribution in [2.75, 3.05) is 0 Å². The molecule has 0 amide bonds. The van der Waals surface area contributed by atoms with Gasteiger partial charge in [0.05, 0.1) is 18.5 Å². The number of imidazole rings is 1. The van der Waals surface area contributed by atoms with Crippen molar-refractivity contribution in [1.82, 2.24) is 30.2 Å². The van der Waals surface area contributed by atoms with Crippen LogP contribution in [0.5, 0.6) is 0 Å². The predicted octanol–water partition coefficient (Wildman–Crippen LogP) is 3.61. The van der Waals surface area contributed by atoms with E-state index in [0.29, 0.717) is 12.4 Å². The second-order valence-corrected chi connectivity index (χ2v) is 6.99. The lowest BCUT2D eigenvalue weighted by molar-refractivity contribution is 0.271. The van der Waals surface area contributed by atoms with Gasteiger partial charge in [-0.15, -0.1) is 10.2 Å². The van der Waals surface area contributed by atoms with Gasteiger partial charge in [0, 0.05) is 18.5 Å². The Hall–Kier alpha value is -3.32. The Bertz CT molecular complexity index is 1050. The van der Waals surface area contributed by atoms with Crippen LogP contribution in [0.15, 0.2) is 54.7 Å². The third kappa shape index (κ3) is 4.09. The summed E-state index contributed by atoms with van der Waals surface area (Å²) in [4.78, 5) is 4.51. The predicted molar refractivity (Wildman–Crippen MR) is 111 cm³/mol. The van der Waals surface area contributed by atoms with E-state index in [1.807, 2.05) is 18.2 Å². The summed E-state index contributed by atoms with van der Waals surface area (Å²) >= 11 is 0. The Morgan fingerprint density at radius 2 is 1.83 bits per heavy atom. The molecular formula is C22H24N6O. The van der Waals surface area contributed by atoms with Gasteiger partial charge >= 0.3 is 0 Å². The molecule has 0 aliphatic carbocycles. The lowest BCUT2D eigenvalue weighted by Crippen LogP contribution is -2.09. The molecule has 4 rings (SSSR count). The van der Waals surface area contributed by atoms with Crippen LogP contribution in [0.25, 0.3) is 22.5 Å². The van der Waals surface area contributed by atoms with Crippen molar-refractivity contribution in [2.45, 2.75) is 39.3 Å². The average Bonchev–Trinajstić information content (AvgIpc) is 3.43. The van der Waals surface area contributed by atoms with E-state index in [2.05, 4.69) is 67.4 Å². The van der Waals surface area contributed by atoms with Gasteiger partial charge in [0.15, 0.2) is 0 Å². The SMILES string of the molecule is CCCCc1ncc(CO)n1Cc1ccc(-c2ccccc2-c2nn[nH]n2)cc1. The van der Waals surface area contributed by atoms with Gasteiger partial charge in [-0.1, -0.05) is 61.9 Å². The molecule has 0 fully saturated rings. The van der Waals surface area contributed by atoms with Gasteiger partial charge < -0.3 is 9.67 Å². The minimum Gasteiger partial charge on any atom is -0.390 e. The molecule has 0 unspecified atom stereocenters. The first kappa shape index (κ1) is 19.0. The Balaban J connectivity index is 1.60. The van der Waals surface area contributed by atoms with E-state index in [0.717, 1.165) is 53.0 Å². The number of rotatable bonds is 8. The molecule has 0 spiro atoms. The van der Waals surface area contributed by atoms with Crippen LogP contribution in [-0.2, 0) is 19.6 Å². The molecule has 7 nitrogen and oxygen atoms in total. The summed E-state index contributed by atoms with van der Waals surface area (Å²) in [6.45, 7) is 2.86. The number of tetrazole rings is 1. The van der Waals surface area contributed by atoms with Crippen LogP contribution in [0, 0.1) is 0 Å². The fourth-order valence-corrected chi connectivity index (χ4v) is 3.49. The maximum absolute atomic E-state index is 9.67. The van der Waals surface area contributed by atoms with E-state index in [9.17, 15) is 5.11 Å². The number of unbranched alkanes of at least 4 members (excludes halogenated alkanes) is 1. The number of aromatic nitrogens is 6. The Labute approximate surface area is 169 Å². The summed E-state index contributed by atoms with van der Waals surface area (Å²) in [6.07, 6.45) is 4.91. The number of hydrogen-bond donors (Lipinski definition) is 2. The van der Waals surface area contributed by atoms with Crippen LogP contribution in [0.1, 0.15) is 36.8 Å². The van der Waals surface area contributed by atoms with E-state index < -0.39 is 0 Å². The average molecular weight is 388 g/mol. The standard InChI is InChI=1S/C22H24N6O/c1-2-3-8-21-23-13-18(15-29)28(21)14-16-9-11-17(12-10-16)19-6-4-5-7-20(19)22-24-26-27-25-22/h4-7,9-13,29H,2-3,8,14-15H2,1H3,(H,24,25,26,27). The van der Waals surface area contributed by atoms with Crippen molar-refractivity contribution < 1.29 is 5.11 Å². The molecule has 2 aromatic heterocycles. The molecule has 2 aromatic carbocycles. The quantitative estimate of drug-likeness (QED) is 0.481. The van der Waals surface area contributed by atoms with E-state index in [1.165, 1.54) is 0 Å². The molecule has 0 saturated carbocycles. The van der Waals surface area contributed by atoms with Crippen LogP contribution >= 0.6 is 0 Å². The number of H-pyrrole nitrogens is 1. The summed E-state index contributed by atoms with van der Waals surface area (Å²) < 4.78 is 2.12. The van der Waals surface area contributed by atoms with Crippen molar-refractivity contribution in [1.29, 1.82) is 0 Å². The number of aryl methyl sites for hydroxylation is 1. The van der Waals surface area contributed by atoms with Crippen molar-refractivity contribution in [3.8, 4) is 22.5 Å². The first-order valence-corrected chi connectivity index (χ1v) is 9.86. The van der Waals surface area contributed by atoms with E-state index in [1.54, 1.807) is 6.20 Å². The molecule has 2 heterocycles. The number of hydrogen-bond acceptors (Lipinski definition) is 5. The van der Waals surface area contributed by atoms with Crippen LogP contribution in [0.2, 0.25) is 0 Å². The van der Waals surface area contributed by atoms with Crippen LogP contribution in [0.3, 0.4) is 0 Å². The van der Waals surface area contributed by atoms with E-state index in [-0.39, 0.29) is 6.61 Å². The molecule has 0 radical (unpaired) electrons. The molecule has 0 aliphatic heterocycles. The highest BCUT2D eigenvalue weighted by Crippen LogP contribution is 2.29. The van der Waals surface area contributed by atoms with Gasteiger partial charge in [-0.2, -0.15) is 5.21 Å². The maximum atomic E-state index is 9.67. The van der Waals surface area contributed by atoms with Crippen LogP contribution in [-0.4, -0.2) is 35.3 Å². The van der Waals surface area contributed by atoms with E-state index >= 15 is 0 Å². The first-order valence-electron chi connectivity index (χ1n) is 9.86. The summed E-state index contributed by atoms with van der Waals surface area (Å²) in [5, 5.41) is 24.1. The number of nitrogens with zero attached hydrogens (tertiary/aromatic N) is 5. The molecule has 29 heavy (non-hydrogen) atoms. The zero-order chi connectivity index (χ0) is 20.1. The molecule has 4 aromatic rings. The zero-order valence-electron chi connectivity index (χ0n) is 16.4. The largest absolute Gasteiger partial charge is 0.390 e.